The van der Waals surface area contributed by atoms with E-state index in [-0.39, 0.29) is 40.0 Å². The van der Waals surface area contributed by atoms with Gasteiger partial charge in [0.25, 0.3) is 5.91 Å². The zero-order chi connectivity index (χ0) is 25.4. The number of rotatable bonds is 11. The number of phenolic OH excluding ortho intramolecular Hbond substituents is 2. The molecule has 5 N–H and O–H groups in total. The average Bonchev–Trinajstić information content (AvgIpc) is 3.29. The Labute approximate surface area is 206 Å². The summed E-state index contributed by atoms with van der Waals surface area (Å²) in [7, 11) is 0. The van der Waals surface area contributed by atoms with E-state index in [0.717, 1.165) is 18.9 Å². The molecule has 0 unspecified atom stereocenters. The van der Waals surface area contributed by atoms with E-state index < -0.39 is 11.8 Å². The minimum absolute atomic E-state index is 0.000414. The molecule has 0 fully saturated rings. The molecule has 1 aromatic heterocycles. The van der Waals surface area contributed by atoms with Crippen LogP contribution in [-0.4, -0.2) is 45.5 Å². The van der Waals surface area contributed by atoms with E-state index in [4.69, 9.17) is 26.1 Å². The fourth-order valence-corrected chi connectivity index (χ4v) is 3.57. The summed E-state index contributed by atoms with van der Waals surface area (Å²) in [6, 6.07) is 9.35. The maximum absolute atomic E-state index is 12.6. The molecule has 0 bridgehead atoms. The zero-order valence-corrected chi connectivity index (χ0v) is 19.8. The van der Waals surface area contributed by atoms with Crippen molar-refractivity contribution in [3.05, 3.63) is 47.1 Å². The first-order valence-corrected chi connectivity index (χ1v) is 11.4. The van der Waals surface area contributed by atoms with Gasteiger partial charge < -0.3 is 24.8 Å². The molecule has 0 atom stereocenters. The Balaban J connectivity index is 1.81. The number of carbonyl (C=O) groups excluding carboxylic acids is 2. The normalized spacial score (nSPS) is 10.7. The molecule has 0 aliphatic carbocycles. The van der Waals surface area contributed by atoms with Gasteiger partial charge in [-0.05, 0) is 49.9 Å². The number of hydrogen-bond donors (Lipinski definition) is 5. The summed E-state index contributed by atoms with van der Waals surface area (Å²) >= 11 is 6.03. The van der Waals surface area contributed by atoms with E-state index >= 15 is 0 Å². The second-order valence-electron chi connectivity index (χ2n) is 7.63. The Kier molecular flexibility index (Phi) is 8.93. The number of amides is 2. The third-order valence-corrected chi connectivity index (χ3v) is 5.44. The molecule has 186 valence electrons. The lowest BCUT2D eigenvalue weighted by atomic mass is 9.98. The lowest BCUT2D eigenvalue weighted by Crippen LogP contribution is -2.23. The molecule has 3 rings (SSSR count). The number of nitrogens with one attached hydrogen (secondary N) is 2. The second-order valence-corrected chi connectivity index (χ2v) is 8.04. The average molecular weight is 504 g/mol. The highest BCUT2D eigenvalue weighted by atomic mass is 35.5. The van der Waals surface area contributed by atoms with Gasteiger partial charge in [-0.3, -0.25) is 14.8 Å². The van der Waals surface area contributed by atoms with Gasteiger partial charge in [-0.2, -0.15) is 0 Å². The predicted octanol–water partition coefficient (Wildman–Crippen LogP) is 4.27. The molecule has 11 heteroatoms. The molecule has 0 saturated carbocycles. The molecule has 0 spiro atoms. The number of ether oxygens (including phenoxy) is 1. The second kappa shape index (κ2) is 12.1. The maximum atomic E-state index is 12.6. The first-order chi connectivity index (χ1) is 16.8. The van der Waals surface area contributed by atoms with Crippen molar-refractivity contribution in [1.82, 2.24) is 16.0 Å². The van der Waals surface area contributed by atoms with Gasteiger partial charge in [0.1, 0.15) is 17.2 Å². The minimum Gasteiger partial charge on any atom is -0.507 e. The highest BCUT2D eigenvalue weighted by Crippen LogP contribution is 2.43. The van der Waals surface area contributed by atoms with Gasteiger partial charge in [0.2, 0.25) is 5.91 Å². The number of aromatic hydroxyl groups is 2. The van der Waals surface area contributed by atoms with Crippen molar-refractivity contribution in [3.63, 3.8) is 0 Å². The topological polar surface area (TPSA) is 154 Å². The van der Waals surface area contributed by atoms with E-state index in [1.54, 1.807) is 36.7 Å². The standard InChI is InChI=1S/C24H26ClN3O7/c1-2-26-24(32)22-21(23(35-28-22)16-12-17(25)19(30)13-18(16)29)14-7-9-15(10-8-14)34-11-5-3-4-6-20(31)27-33/h7-10,12-13,29-30,33H,2-6,11H2,1H3,(H,26,32)(H,27,31). The van der Waals surface area contributed by atoms with Crippen molar-refractivity contribution >= 4 is 23.4 Å². The van der Waals surface area contributed by atoms with Crippen molar-refractivity contribution in [2.24, 2.45) is 0 Å². The van der Waals surface area contributed by atoms with Crippen LogP contribution in [-0.2, 0) is 4.79 Å². The lowest BCUT2D eigenvalue weighted by Gasteiger charge is -2.10. The van der Waals surface area contributed by atoms with Gasteiger partial charge in [0.05, 0.1) is 22.8 Å². The van der Waals surface area contributed by atoms with Crippen LogP contribution in [0.3, 0.4) is 0 Å². The first-order valence-electron chi connectivity index (χ1n) is 11.0. The summed E-state index contributed by atoms with van der Waals surface area (Å²) in [5.74, 6) is -0.720. The Bertz CT molecular complexity index is 1180. The van der Waals surface area contributed by atoms with Crippen molar-refractivity contribution in [1.29, 1.82) is 0 Å². The summed E-state index contributed by atoms with van der Waals surface area (Å²) in [6.07, 6.45) is 2.40. The number of aromatic nitrogens is 1. The number of benzene rings is 2. The fraction of sp³-hybridized carbons (Fsp3) is 0.292. The summed E-state index contributed by atoms with van der Waals surface area (Å²) in [4.78, 5) is 23.6. The monoisotopic (exact) mass is 503 g/mol. The van der Waals surface area contributed by atoms with Gasteiger partial charge in [-0.25, -0.2) is 5.48 Å². The minimum atomic E-state index is -0.447. The molecule has 0 aliphatic rings. The fourth-order valence-electron chi connectivity index (χ4n) is 3.40. The van der Waals surface area contributed by atoms with Crippen molar-refractivity contribution in [2.75, 3.05) is 13.2 Å². The van der Waals surface area contributed by atoms with Gasteiger partial charge >= 0.3 is 0 Å². The van der Waals surface area contributed by atoms with Crippen LogP contribution in [0.1, 0.15) is 43.1 Å². The smallest absolute Gasteiger partial charge is 0.274 e. The molecule has 10 nitrogen and oxygen atoms in total. The SMILES string of the molecule is CCNC(=O)c1noc(-c2cc(Cl)c(O)cc2O)c1-c1ccc(OCCCCCC(=O)NO)cc1. The molecular weight excluding hydrogens is 478 g/mol. The predicted molar refractivity (Wildman–Crippen MR) is 128 cm³/mol. The van der Waals surface area contributed by atoms with Crippen molar-refractivity contribution in [3.8, 4) is 39.7 Å². The number of unbranched alkanes of at least 4 members (excludes halogenated alkanes) is 2. The van der Waals surface area contributed by atoms with E-state index in [0.29, 0.717) is 36.4 Å². The highest BCUT2D eigenvalue weighted by Gasteiger charge is 2.26. The Morgan fingerprint density at radius 2 is 1.83 bits per heavy atom. The van der Waals surface area contributed by atoms with Crippen molar-refractivity contribution < 1.29 is 34.3 Å². The quantitative estimate of drug-likeness (QED) is 0.148. The number of hydrogen-bond acceptors (Lipinski definition) is 8. The molecule has 0 aliphatic heterocycles. The molecular formula is C24H26ClN3O7. The molecule has 2 aromatic carbocycles. The molecule has 3 aromatic rings. The van der Waals surface area contributed by atoms with Crippen LogP contribution >= 0.6 is 11.6 Å². The molecule has 1 heterocycles. The largest absolute Gasteiger partial charge is 0.507 e. The lowest BCUT2D eigenvalue weighted by molar-refractivity contribution is -0.129. The maximum Gasteiger partial charge on any atom is 0.274 e. The highest BCUT2D eigenvalue weighted by molar-refractivity contribution is 6.32. The van der Waals surface area contributed by atoms with E-state index in [2.05, 4.69) is 10.5 Å². The van der Waals surface area contributed by atoms with Crippen LogP contribution in [0.5, 0.6) is 17.2 Å². The summed E-state index contributed by atoms with van der Waals surface area (Å²) in [5, 5.41) is 35.2. The molecule has 0 radical (unpaired) electrons. The molecule has 2 amide bonds. The number of nitrogens with zero attached hydrogens (tertiary/aromatic N) is 1. The van der Waals surface area contributed by atoms with Crippen LogP contribution in [0.2, 0.25) is 5.02 Å². The van der Waals surface area contributed by atoms with E-state index in [1.807, 2.05) is 0 Å². The summed E-state index contributed by atoms with van der Waals surface area (Å²) in [5.41, 5.74) is 2.74. The summed E-state index contributed by atoms with van der Waals surface area (Å²) < 4.78 is 11.2. The third kappa shape index (κ3) is 6.43. The Morgan fingerprint density at radius 3 is 2.51 bits per heavy atom. The van der Waals surface area contributed by atoms with Gasteiger partial charge in [0.15, 0.2) is 11.5 Å². The zero-order valence-electron chi connectivity index (χ0n) is 19.0. The molecule has 35 heavy (non-hydrogen) atoms. The van der Waals surface area contributed by atoms with Gasteiger partial charge in [-0.1, -0.05) is 28.9 Å². The number of hydroxylamine groups is 1. The van der Waals surface area contributed by atoms with Crippen LogP contribution < -0.4 is 15.5 Å². The third-order valence-electron chi connectivity index (χ3n) is 5.14. The van der Waals surface area contributed by atoms with Gasteiger partial charge in [-0.15, -0.1) is 0 Å². The number of carbonyl (C=O) groups is 2. The van der Waals surface area contributed by atoms with Crippen LogP contribution in [0.4, 0.5) is 0 Å². The van der Waals surface area contributed by atoms with E-state index in [9.17, 15) is 19.8 Å². The first kappa shape index (κ1) is 25.9. The van der Waals surface area contributed by atoms with E-state index in [1.165, 1.54) is 6.07 Å². The van der Waals surface area contributed by atoms with Crippen molar-refractivity contribution in [2.45, 2.75) is 32.6 Å². The summed E-state index contributed by atoms with van der Waals surface area (Å²) in [6.45, 7) is 2.61. The van der Waals surface area contributed by atoms with Crippen LogP contribution in [0.25, 0.3) is 22.5 Å². The Hall–Kier alpha value is -3.76. The van der Waals surface area contributed by atoms with Crippen LogP contribution in [0, 0.1) is 0 Å². The Morgan fingerprint density at radius 1 is 1.09 bits per heavy atom. The van der Waals surface area contributed by atoms with Crippen LogP contribution in [0.15, 0.2) is 40.9 Å². The number of phenols is 2. The van der Waals surface area contributed by atoms with Gasteiger partial charge in [0, 0.05) is 19.0 Å². The molecule has 0 saturated heterocycles. The number of halogens is 1.